The van der Waals surface area contributed by atoms with Crippen LogP contribution in [0.5, 0.6) is 5.75 Å². The van der Waals surface area contributed by atoms with Gasteiger partial charge in [-0.05, 0) is 37.5 Å². The van der Waals surface area contributed by atoms with Gasteiger partial charge in [0.2, 0.25) is 0 Å². The van der Waals surface area contributed by atoms with Crippen LogP contribution in [-0.4, -0.2) is 33.4 Å². The first-order chi connectivity index (χ1) is 12.0. The fraction of sp³-hybridized carbons (Fsp3) is 0.368. The summed E-state index contributed by atoms with van der Waals surface area (Å²) in [5.74, 6) is 0.714. The van der Waals surface area contributed by atoms with Gasteiger partial charge in [0.1, 0.15) is 12.4 Å². The third-order valence-corrected chi connectivity index (χ3v) is 3.93. The molecule has 1 saturated carbocycles. The number of ether oxygens (including phenoxy) is 1. The number of aryl methyl sites for hydroxylation is 1. The van der Waals surface area contributed by atoms with E-state index in [0.29, 0.717) is 24.9 Å². The van der Waals surface area contributed by atoms with E-state index < -0.39 is 0 Å². The van der Waals surface area contributed by atoms with E-state index in [1.54, 1.807) is 10.9 Å². The number of carbonyl (C=O) groups is 1. The maximum atomic E-state index is 12.7. The molecular formula is C19H24N4O2. The molecule has 25 heavy (non-hydrogen) atoms. The lowest BCUT2D eigenvalue weighted by atomic mass is 10.3. The molecule has 132 valence electrons. The van der Waals surface area contributed by atoms with Gasteiger partial charge in [-0.2, -0.15) is 5.10 Å². The highest BCUT2D eigenvalue weighted by atomic mass is 16.5. The van der Waals surface area contributed by atoms with Crippen LogP contribution in [0.1, 0.15) is 25.3 Å². The van der Waals surface area contributed by atoms with E-state index in [-0.39, 0.29) is 6.03 Å². The summed E-state index contributed by atoms with van der Waals surface area (Å²) in [7, 11) is 1.88. The lowest BCUT2D eigenvalue weighted by Gasteiger charge is -2.22. The monoisotopic (exact) mass is 340 g/mol. The van der Waals surface area contributed by atoms with Crippen molar-refractivity contribution in [2.75, 3.05) is 11.9 Å². The van der Waals surface area contributed by atoms with Crippen LogP contribution in [0.4, 0.5) is 10.5 Å². The summed E-state index contributed by atoms with van der Waals surface area (Å²) in [6.45, 7) is 6.77. The van der Waals surface area contributed by atoms with E-state index in [2.05, 4.69) is 17.0 Å². The quantitative estimate of drug-likeness (QED) is 0.784. The minimum Gasteiger partial charge on any atom is -0.489 e. The molecule has 0 saturated heterocycles. The van der Waals surface area contributed by atoms with Gasteiger partial charge in [0.15, 0.2) is 0 Å². The Labute approximate surface area is 148 Å². The predicted octanol–water partition coefficient (Wildman–Crippen LogP) is 3.57. The van der Waals surface area contributed by atoms with Gasteiger partial charge in [0.25, 0.3) is 0 Å². The Morgan fingerprint density at radius 3 is 2.92 bits per heavy atom. The number of urea groups is 1. The van der Waals surface area contributed by atoms with E-state index in [0.717, 1.165) is 29.7 Å². The summed E-state index contributed by atoms with van der Waals surface area (Å²) >= 11 is 0. The van der Waals surface area contributed by atoms with Gasteiger partial charge in [-0.25, -0.2) is 4.79 Å². The lowest BCUT2D eigenvalue weighted by Crippen LogP contribution is -2.36. The summed E-state index contributed by atoms with van der Waals surface area (Å²) in [5.41, 5.74) is 2.70. The number of amides is 2. The molecule has 0 bridgehead atoms. The highest BCUT2D eigenvalue weighted by molar-refractivity contribution is 5.90. The first-order valence-corrected chi connectivity index (χ1v) is 8.43. The topological polar surface area (TPSA) is 59.4 Å². The Kier molecular flexibility index (Phi) is 5.07. The van der Waals surface area contributed by atoms with Crippen molar-refractivity contribution in [2.45, 2.75) is 32.4 Å². The maximum absolute atomic E-state index is 12.7. The first-order valence-electron chi connectivity index (χ1n) is 8.43. The van der Waals surface area contributed by atoms with Crippen molar-refractivity contribution in [1.29, 1.82) is 0 Å². The highest BCUT2D eigenvalue weighted by Crippen LogP contribution is 2.29. The van der Waals surface area contributed by atoms with E-state index >= 15 is 0 Å². The van der Waals surface area contributed by atoms with Gasteiger partial charge in [0.05, 0.1) is 12.7 Å². The molecule has 3 rings (SSSR count). The van der Waals surface area contributed by atoms with Crippen LogP contribution in [0.3, 0.4) is 0 Å². The molecule has 1 aliphatic rings. The molecule has 6 heteroatoms. The summed E-state index contributed by atoms with van der Waals surface area (Å²) in [6.07, 6.45) is 5.84. The van der Waals surface area contributed by atoms with E-state index in [9.17, 15) is 4.79 Å². The van der Waals surface area contributed by atoms with Gasteiger partial charge in [-0.1, -0.05) is 12.6 Å². The fourth-order valence-electron chi connectivity index (χ4n) is 2.57. The Balaban J connectivity index is 1.65. The molecule has 1 fully saturated rings. The molecule has 0 atom stereocenters. The SMILES string of the molecule is C=C(C)COc1cccc(NC(=O)N(Cc2cnn(C)c2)C2CC2)c1. The van der Waals surface area contributed by atoms with Crippen LogP contribution in [0.2, 0.25) is 0 Å². The average Bonchev–Trinajstić information content (AvgIpc) is 3.33. The molecule has 2 aromatic rings. The predicted molar refractivity (Wildman–Crippen MR) is 97.5 cm³/mol. The number of nitrogens with zero attached hydrogens (tertiary/aromatic N) is 3. The van der Waals surface area contributed by atoms with Crippen molar-refractivity contribution in [1.82, 2.24) is 14.7 Å². The Morgan fingerprint density at radius 2 is 2.28 bits per heavy atom. The standard InChI is InChI=1S/C19H24N4O2/c1-14(2)13-25-18-6-4-5-16(9-18)21-19(24)23(17-7-8-17)12-15-10-20-22(3)11-15/h4-6,9-11,17H,1,7-8,12-13H2,2-3H3,(H,21,24). The number of anilines is 1. The molecule has 0 aliphatic heterocycles. The molecule has 1 heterocycles. The van der Waals surface area contributed by atoms with Crippen LogP contribution in [0.15, 0.2) is 48.8 Å². The van der Waals surface area contributed by atoms with Crippen molar-refractivity contribution in [3.8, 4) is 5.75 Å². The molecule has 0 spiro atoms. The van der Waals surface area contributed by atoms with Gasteiger partial charge >= 0.3 is 6.03 Å². The number of hydrogen-bond acceptors (Lipinski definition) is 3. The van der Waals surface area contributed by atoms with Gasteiger partial charge in [-0.15, -0.1) is 0 Å². The van der Waals surface area contributed by atoms with E-state index in [1.807, 2.05) is 49.3 Å². The second kappa shape index (κ2) is 7.42. The van der Waals surface area contributed by atoms with Crippen molar-refractivity contribution in [3.05, 3.63) is 54.4 Å². The first kappa shape index (κ1) is 17.1. The van der Waals surface area contributed by atoms with Crippen LogP contribution in [0.25, 0.3) is 0 Å². The molecule has 0 radical (unpaired) electrons. The summed E-state index contributed by atoms with van der Waals surface area (Å²) in [5, 5.41) is 7.15. The number of benzene rings is 1. The molecule has 6 nitrogen and oxygen atoms in total. The minimum absolute atomic E-state index is 0.0941. The molecule has 1 aliphatic carbocycles. The second-order valence-electron chi connectivity index (χ2n) is 6.59. The third-order valence-electron chi connectivity index (χ3n) is 3.93. The van der Waals surface area contributed by atoms with Crippen molar-refractivity contribution in [2.24, 2.45) is 7.05 Å². The molecular weight excluding hydrogens is 316 g/mol. The Bertz CT molecular complexity index is 764. The smallest absolute Gasteiger partial charge is 0.322 e. The lowest BCUT2D eigenvalue weighted by molar-refractivity contribution is 0.206. The maximum Gasteiger partial charge on any atom is 0.322 e. The number of hydrogen-bond donors (Lipinski definition) is 1. The van der Waals surface area contributed by atoms with Crippen molar-refractivity contribution >= 4 is 11.7 Å². The van der Waals surface area contributed by atoms with Crippen LogP contribution >= 0.6 is 0 Å². The third kappa shape index (κ3) is 4.86. The zero-order chi connectivity index (χ0) is 17.8. The Hall–Kier alpha value is -2.76. The molecule has 2 amide bonds. The number of rotatable bonds is 7. The Morgan fingerprint density at radius 1 is 1.48 bits per heavy atom. The highest BCUT2D eigenvalue weighted by Gasteiger charge is 2.32. The van der Waals surface area contributed by atoms with Crippen LogP contribution < -0.4 is 10.1 Å². The average molecular weight is 340 g/mol. The van der Waals surface area contributed by atoms with Crippen LogP contribution in [0, 0.1) is 0 Å². The number of carbonyl (C=O) groups excluding carboxylic acids is 1. The number of aromatic nitrogens is 2. The minimum atomic E-state index is -0.0941. The summed E-state index contributed by atoms with van der Waals surface area (Å²) in [4.78, 5) is 14.6. The van der Waals surface area contributed by atoms with Gasteiger partial charge in [-0.3, -0.25) is 4.68 Å². The van der Waals surface area contributed by atoms with E-state index in [1.165, 1.54) is 0 Å². The summed E-state index contributed by atoms with van der Waals surface area (Å²) < 4.78 is 7.38. The summed E-state index contributed by atoms with van der Waals surface area (Å²) in [6, 6.07) is 7.64. The van der Waals surface area contributed by atoms with Gasteiger partial charge in [0, 0.05) is 36.6 Å². The van der Waals surface area contributed by atoms with E-state index in [4.69, 9.17) is 4.74 Å². The zero-order valence-electron chi connectivity index (χ0n) is 14.7. The molecule has 1 aromatic carbocycles. The fourth-order valence-corrected chi connectivity index (χ4v) is 2.57. The molecule has 1 aromatic heterocycles. The van der Waals surface area contributed by atoms with Gasteiger partial charge < -0.3 is 15.0 Å². The normalized spacial score (nSPS) is 13.4. The van der Waals surface area contributed by atoms with Crippen molar-refractivity contribution < 1.29 is 9.53 Å². The number of nitrogens with one attached hydrogen (secondary N) is 1. The second-order valence-corrected chi connectivity index (χ2v) is 6.59. The zero-order valence-corrected chi connectivity index (χ0v) is 14.7. The largest absolute Gasteiger partial charge is 0.489 e. The van der Waals surface area contributed by atoms with Crippen LogP contribution in [-0.2, 0) is 13.6 Å². The van der Waals surface area contributed by atoms with Crippen molar-refractivity contribution in [3.63, 3.8) is 0 Å². The molecule has 0 unspecified atom stereocenters. The molecule has 1 N–H and O–H groups in total.